The summed E-state index contributed by atoms with van der Waals surface area (Å²) in [4.78, 5) is 40.2. The van der Waals surface area contributed by atoms with E-state index in [1.165, 1.54) is 34.0 Å². The number of carbonyl (C=O) groups is 2. The Morgan fingerprint density at radius 3 is 2.57 bits per heavy atom. The molecule has 42 heavy (non-hydrogen) atoms. The summed E-state index contributed by atoms with van der Waals surface area (Å²) in [6, 6.07) is 9.30. The molecular weight excluding hydrogens is 586 g/mol. The minimum Gasteiger partial charge on any atom is -0.619 e. The molecule has 2 aliphatic heterocycles. The summed E-state index contributed by atoms with van der Waals surface area (Å²) in [5.41, 5.74) is 1.99. The van der Waals surface area contributed by atoms with Crippen LogP contribution in [0.5, 0.6) is 0 Å². The molecule has 6 rings (SSSR count). The van der Waals surface area contributed by atoms with Gasteiger partial charge < -0.3 is 24.7 Å². The van der Waals surface area contributed by atoms with Crippen LogP contribution in [0.3, 0.4) is 0 Å². The van der Waals surface area contributed by atoms with Gasteiger partial charge in [-0.2, -0.15) is 9.04 Å². The van der Waals surface area contributed by atoms with E-state index in [1.807, 2.05) is 0 Å². The first kappa shape index (κ1) is 27.9. The van der Waals surface area contributed by atoms with Gasteiger partial charge in [-0.3, -0.25) is 4.79 Å². The van der Waals surface area contributed by atoms with Crippen molar-refractivity contribution in [1.29, 1.82) is 0 Å². The Balaban J connectivity index is 1.23. The molecule has 0 radical (unpaired) electrons. The number of fused-ring (bicyclic) bond motifs is 1. The Kier molecular flexibility index (Phi) is 7.43. The molecule has 2 saturated heterocycles. The smallest absolute Gasteiger partial charge is 0.409 e. The number of amides is 2. The Bertz CT molecular complexity index is 1750. The summed E-state index contributed by atoms with van der Waals surface area (Å²) in [6.07, 6.45) is 5.60. The lowest BCUT2D eigenvalue weighted by Crippen LogP contribution is -2.57. The monoisotopic (exact) mass is 611 g/mol. The van der Waals surface area contributed by atoms with Gasteiger partial charge >= 0.3 is 6.09 Å². The Hall–Kier alpha value is -4.27. The van der Waals surface area contributed by atoms with Crippen LogP contribution in [0.25, 0.3) is 22.0 Å². The van der Waals surface area contributed by atoms with Gasteiger partial charge in [0.25, 0.3) is 15.9 Å². The lowest BCUT2D eigenvalue weighted by atomic mass is 10.1. The number of cyclic esters (lactones) is 1. The number of ether oxygens (including phenoxy) is 1. The highest BCUT2D eigenvalue weighted by atomic mass is 35.5. The standard InChI is InChI=1S/C27H26ClN7O6S/c28-21-1-2-23-19(13-21)14-24(31-23)42(39,40)34-9-10-35(22(17-34)5-6-32-11-12-41-27(32)37)26(36)25-29-15-20(16-30-25)18-3-7-33(38)8-4-18/h1-4,7-8,13-16,22,31H,5-6,9-12,17H2. The van der Waals surface area contributed by atoms with E-state index in [1.54, 1.807) is 41.3 Å². The molecule has 5 heterocycles. The molecule has 4 aromatic rings. The first-order valence-corrected chi connectivity index (χ1v) is 15.0. The van der Waals surface area contributed by atoms with Crippen molar-refractivity contribution in [1.82, 2.24) is 29.1 Å². The number of benzene rings is 1. The normalized spacial score (nSPS) is 18.0. The Morgan fingerprint density at radius 1 is 1.10 bits per heavy atom. The summed E-state index contributed by atoms with van der Waals surface area (Å²) >= 11 is 6.08. The molecule has 15 heteroatoms. The zero-order valence-corrected chi connectivity index (χ0v) is 23.8. The lowest BCUT2D eigenvalue weighted by molar-refractivity contribution is -0.605. The van der Waals surface area contributed by atoms with Gasteiger partial charge in [0.05, 0.1) is 6.54 Å². The van der Waals surface area contributed by atoms with Crippen LogP contribution in [0.2, 0.25) is 5.02 Å². The molecule has 1 unspecified atom stereocenters. The Morgan fingerprint density at radius 2 is 1.86 bits per heavy atom. The number of aromatic nitrogens is 4. The van der Waals surface area contributed by atoms with Crippen LogP contribution in [-0.4, -0.2) is 94.8 Å². The third-order valence-electron chi connectivity index (χ3n) is 7.44. The average Bonchev–Trinajstić information content (AvgIpc) is 3.62. The lowest BCUT2D eigenvalue weighted by Gasteiger charge is -2.40. The van der Waals surface area contributed by atoms with Crippen molar-refractivity contribution in [3.8, 4) is 11.1 Å². The number of rotatable bonds is 7. The number of H-pyrrole nitrogens is 1. The van der Waals surface area contributed by atoms with Crippen molar-refractivity contribution in [2.24, 2.45) is 0 Å². The van der Waals surface area contributed by atoms with Gasteiger partial charge in [0, 0.05) is 78.2 Å². The van der Waals surface area contributed by atoms with Gasteiger partial charge in [0.1, 0.15) is 11.6 Å². The second-order valence-electron chi connectivity index (χ2n) is 10.0. The fourth-order valence-corrected chi connectivity index (χ4v) is 6.83. The van der Waals surface area contributed by atoms with Crippen molar-refractivity contribution in [2.75, 3.05) is 39.3 Å². The van der Waals surface area contributed by atoms with Gasteiger partial charge in [-0.1, -0.05) is 11.6 Å². The van der Waals surface area contributed by atoms with E-state index in [9.17, 15) is 23.2 Å². The molecule has 0 aliphatic carbocycles. The first-order valence-electron chi connectivity index (χ1n) is 13.2. The zero-order valence-electron chi connectivity index (χ0n) is 22.2. The summed E-state index contributed by atoms with van der Waals surface area (Å²) in [7, 11) is -3.93. The highest BCUT2D eigenvalue weighted by molar-refractivity contribution is 7.89. The molecule has 0 bridgehead atoms. The first-order chi connectivity index (χ1) is 20.2. The van der Waals surface area contributed by atoms with Crippen LogP contribution in [0.4, 0.5) is 4.79 Å². The van der Waals surface area contributed by atoms with E-state index < -0.39 is 28.1 Å². The molecule has 0 saturated carbocycles. The number of sulfonamides is 1. The highest BCUT2D eigenvalue weighted by Crippen LogP contribution is 2.27. The van der Waals surface area contributed by atoms with E-state index in [-0.39, 0.29) is 37.1 Å². The Labute approximate surface area is 245 Å². The van der Waals surface area contributed by atoms with Gasteiger partial charge in [0.15, 0.2) is 12.4 Å². The van der Waals surface area contributed by atoms with Crippen molar-refractivity contribution in [3.05, 3.63) is 77.2 Å². The summed E-state index contributed by atoms with van der Waals surface area (Å²) < 4.78 is 34.4. The SMILES string of the molecule is O=C1OCCN1CCC1CN(S(=O)(=O)c2cc3cc(Cl)ccc3[nH]2)CCN1C(=O)c1ncc(-c2cc[n+]([O-])cc2)cn1. The predicted molar refractivity (Wildman–Crippen MR) is 151 cm³/mol. The molecule has 13 nitrogen and oxygen atoms in total. The van der Waals surface area contributed by atoms with Crippen molar-refractivity contribution >= 4 is 44.5 Å². The van der Waals surface area contributed by atoms with Gasteiger partial charge in [0.2, 0.25) is 5.82 Å². The molecule has 2 amide bonds. The zero-order chi connectivity index (χ0) is 29.4. The number of pyridine rings is 1. The molecular formula is C27H26ClN7O6S. The molecule has 218 valence electrons. The number of piperazine rings is 1. The van der Waals surface area contributed by atoms with Gasteiger partial charge in [-0.15, -0.1) is 0 Å². The molecule has 1 atom stereocenters. The van der Waals surface area contributed by atoms with E-state index in [0.717, 1.165) is 5.56 Å². The number of nitrogens with zero attached hydrogens (tertiary/aromatic N) is 6. The number of halogens is 1. The second-order valence-corrected chi connectivity index (χ2v) is 12.4. The predicted octanol–water partition coefficient (Wildman–Crippen LogP) is 2.27. The number of hydrogen-bond acceptors (Lipinski definition) is 8. The maximum atomic E-state index is 13.7. The van der Waals surface area contributed by atoms with Gasteiger partial charge in [-0.25, -0.2) is 23.2 Å². The van der Waals surface area contributed by atoms with E-state index >= 15 is 0 Å². The number of aromatic amines is 1. The van der Waals surface area contributed by atoms with Crippen LogP contribution >= 0.6 is 11.6 Å². The number of carbonyl (C=O) groups excluding carboxylic acids is 2. The molecule has 0 spiro atoms. The number of nitrogens with one attached hydrogen (secondary N) is 1. The fraction of sp³-hybridized carbons (Fsp3) is 0.296. The van der Waals surface area contributed by atoms with E-state index in [0.29, 0.717) is 45.7 Å². The molecule has 2 fully saturated rings. The highest BCUT2D eigenvalue weighted by Gasteiger charge is 2.38. The summed E-state index contributed by atoms with van der Waals surface area (Å²) in [5.74, 6) is -0.485. The molecule has 1 aromatic carbocycles. The second kappa shape index (κ2) is 11.2. The topological polar surface area (TPSA) is 156 Å². The molecule has 1 N–H and O–H groups in total. The van der Waals surface area contributed by atoms with Crippen LogP contribution in [-0.2, 0) is 14.8 Å². The summed E-state index contributed by atoms with van der Waals surface area (Å²) in [6.45, 7) is 1.18. The quantitative estimate of drug-likeness (QED) is 0.246. The van der Waals surface area contributed by atoms with Crippen molar-refractivity contribution in [3.63, 3.8) is 0 Å². The van der Waals surface area contributed by atoms with Crippen molar-refractivity contribution < 1.29 is 27.5 Å². The maximum Gasteiger partial charge on any atom is 0.409 e. The minimum absolute atomic E-state index is 0.0182. The third-order valence-corrected chi connectivity index (χ3v) is 9.46. The van der Waals surface area contributed by atoms with Crippen LogP contribution in [0, 0.1) is 5.21 Å². The van der Waals surface area contributed by atoms with Crippen LogP contribution in [0.1, 0.15) is 17.0 Å². The fourth-order valence-electron chi connectivity index (χ4n) is 5.17. The minimum atomic E-state index is -3.93. The van der Waals surface area contributed by atoms with E-state index in [4.69, 9.17) is 16.3 Å². The van der Waals surface area contributed by atoms with Gasteiger partial charge in [-0.05, 0) is 36.2 Å². The maximum absolute atomic E-state index is 13.7. The van der Waals surface area contributed by atoms with Crippen LogP contribution < -0.4 is 4.73 Å². The number of hydrogen-bond donors (Lipinski definition) is 1. The molecule has 3 aromatic heterocycles. The summed E-state index contributed by atoms with van der Waals surface area (Å²) in [5, 5.41) is 12.5. The van der Waals surface area contributed by atoms with Crippen molar-refractivity contribution in [2.45, 2.75) is 17.5 Å². The van der Waals surface area contributed by atoms with E-state index in [2.05, 4.69) is 15.0 Å². The third kappa shape index (κ3) is 5.47. The molecule has 2 aliphatic rings. The average molecular weight is 612 g/mol. The van der Waals surface area contributed by atoms with Crippen LogP contribution in [0.15, 0.2) is 66.2 Å². The largest absolute Gasteiger partial charge is 0.619 e.